The Morgan fingerprint density at radius 3 is 2.62 bits per heavy atom. The van der Waals surface area contributed by atoms with Crippen LogP contribution in [0.3, 0.4) is 0 Å². The molecule has 84 valence electrons. The van der Waals surface area contributed by atoms with Gasteiger partial charge in [-0.15, -0.1) is 0 Å². The van der Waals surface area contributed by atoms with E-state index in [4.69, 9.17) is 5.11 Å². The summed E-state index contributed by atoms with van der Waals surface area (Å²) >= 11 is 0. The molecule has 16 heavy (non-hydrogen) atoms. The fraction of sp³-hybridized carbons (Fsp3) is 0.111. The number of carbonyl (C=O) groups is 1. The van der Waals surface area contributed by atoms with Crippen molar-refractivity contribution < 1.29 is 27.6 Å². The van der Waals surface area contributed by atoms with Crippen LogP contribution >= 0.6 is 0 Å². The number of aromatic nitrogens is 1. The summed E-state index contributed by atoms with van der Waals surface area (Å²) < 4.78 is 41.9. The third-order valence-electron chi connectivity index (χ3n) is 2.01. The largest absolute Gasteiger partial charge is 0.475 e. The van der Waals surface area contributed by atoms with Crippen molar-refractivity contribution in [2.75, 3.05) is 0 Å². The van der Waals surface area contributed by atoms with Gasteiger partial charge in [0, 0.05) is 0 Å². The number of carboxylic acids is 1. The van der Waals surface area contributed by atoms with E-state index in [0.29, 0.717) is 0 Å². The molecule has 0 radical (unpaired) electrons. The van der Waals surface area contributed by atoms with Gasteiger partial charge in [0.05, 0.1) is 10.9 Å². The van der Waals surface area contributed by atoms with Crippen LogP contribution in [0.5, 0.6) is 0 Å². The summed E-state index contributed by atoms with van der Waals surface area (Å²) in [5.41, 5.74) is -1.51. The third kappa shape index (κ3) is 1.50. The van der Waals surface area contributed by atoms with Gasteiger partial charge in [0.1, 0.15) is 5.52 Å². The molecule has 0 spiro atoms. The van der Waals surface area contributed by atoms with E-state index in [-0.39, 0.29) is 5.39 Å². The van der Waals surface area contributed by atoms with Gasteiger partial charge in [0.2, 0.25) is 0 Å². The van der Waals surface area contributed by atoms with E-state index in [0.717, 1.165) is 12.1 Å². The van der Waals surface area contributed by atoms with Crippen molar-refractivity contribution in [1.82, 2.24) is 5.16 Å². The fourth-order valence-electron chi connectivity index (χ4n) is 1.35. The Morgan fingerprint density at radius 2 is 2.06 bits per heavy atom. The van der Waals surface area contributed by atoms with E-state index in [9.17, 15) is 18.0 Å². The molecule has 1 aromatic heterocycles. The molecular weight excluding hydrogens is 227 g/mol. The zero-order valence-electron chi connectivity index (χ0n) is 7.58. The lowest BCUT2D eigenvalue weighted by atomic mass is 10.1. The molecule has 0 aliphatic carbocycles. The number of halogens is 3. The second-order valence-electron chi connectivity index (χ2n) is 3.02. The smallest absolute Gasteiger partial charge is 0.418 e. The first-order chi connectivity index (χ1) is 7.41. The van der Waals surface area contributed by atoms with E-state index < -0.39 is 29.0 Å². The van der Waals surface area contributed by atoms with E-state index in [1.807, 2.05) is 0 Å². The first kappa shape index (κ1) is 10.5. The predicted octanol–water partition coefficient (Wildman–Crippen LogP) is 2.54. The Morgan fingerprint density at radius 1 is 1.38 bits per heavy atom. The molecular formula is C9H4F3NO3. The summed E-state index contributed by atoms with van der Waals surface area (Å²) in [6, 6.07) is 3.13. The number of fused-ring (bicyclic) bond motifs is 1. The minimum atomic E-state index is -4.59. The van der Waals surface area contributed by atoms with Crippen molar-refractivity contribution in [1.29, 1.82) is 0 Å². The lowest BCUT2D eigenvalue weighted by Gasteiger charge is -2.05. The van der Waals surface area contributed by atoms with Gasteiger partial charge in [-0.05, 0) is 12.1 Å². The van der Waals surface area contributed by atoms with Gasteiger partial charge in [-0.1, -0.05) is 11.2 Å². The molecule has 0 fully saturated rings. The number of alkyl halides is 3. The van der Waals surface area contributed by atoms with Gasteiger partial charge in [-0.2, -0.15) is 13.2 Å². The van der Waals surface area contributed by atoms with Crippen LogP contribution in [0.1, 0.15) is 16.1 Å². The average Bonchev–Trinajstić information content (AvgIpc) is 2.58. The monoisotopic (exact) mass is 231 g/mol. The number of hydrogen-bond donors (Lipinski definition) is 1. The number of rotatable bonds is 1. The average molecular weight is 231 g/mol. The number of carboxylic acid groups (broad SMARTS) is 1. The second kappa shape index (κ2) is 3.22. The summed E-state index contributed by atoms with van der Waals surface area (Å²) in [6.07, 6.45) is -4.59. The first-order valence-corrected chi connectivity index (χ1v) is 4.10. The number of nitrogens with zero attached hydrogens (tertiary/aromatic N) is 1. The molecule has 0 amide bonds. The van der Waals surface area contributed by atoms with Crippen LogP contribution in [0.2, 0.25) is 0 Å². The molecule has 2 aromatic rings. The van der Waals surface area contributed by atoms with E-state index >= 15 is 0 Å². The minimum Gasteiger partial charge on any atom is -0.475 e. The zero-order chi connectivity index (χ0) is 11.9. The maximum Gasteiger partial charge on any atom is 0.418 e. The number of benzene rings is 1. The highest BCUT2D eigenvalue weighted by molar-refractivity contribution is 6.00. The molecule has 0 saturated heterocycles. The molecule has 7 heteroatoms. The molecule has 0 aliphatic heterocycles. The molecule has 0 atom stereocenters. The van der Waals surface area contributed by atoms with Crippen molar-refractivity contribution in [3.63, 3.8) is 0 Å². The van der Waals surface area contributed by atoms with Crippen molar-refractivity contribution in [3.8, 4) is 0 Å². The predicted molar refractivity (Wildman–Crippen MR) is 46.0 cm³/mol. The Hall–Kier alpha value is -2.05. The van der Waals surface area contributed by atoms with Crippen molar-refractivity contribution in [2.24, 2.45) is 0 Å². The summed E-state index contributed by atoms with van der Waals surface area (Å²) in [5, 5.41) is 11.6. The van der Waals surface area contributed by atoms with Crippen molar-refractivity contribution in [3.05, 3.63) is 29.5 Å². The number of aromatic carboxylic acids is 1. The zero-order valence-corrected chi connectivity index (χ0v) is 7.58. The summed E-state index contributed by atoms with van der Waals surface area (Å²) in [6.45, 7) is 0. The molecule has 2 rings (SSSR count). The molecule has 1 aromatic carbocycles. The van der Waals surface area contributed by atoms with Crippen molar-refractivity contribution in [2.45, 2.75) is 6.18 Å². The maximum absolute atomic E-state index is 12.5. The van der Waals surface area contributed by atoms with Gasteiger partial charge in [-0.25, -0.2) is 4.79 Å². The SMILES string of the molecule is O=C(O)c1onc2c(C(F)(F)F)cccc12. The maximum atomic E-state index is 12.5. The van der Waals surface area contributed by atoms with Gasteiger partial charge >= 0.3 is 12.1 Å². The van der Waals surface area contributed by atoms with Gasteiger partial charge in [0.25, 0.3) is 5.76 Å². The molecule has 0 bridgehead atoms. The van der Waals surface area contributed by atoms with Crippen LogP contribution < -0.4 is 0 Å². The van der Waals surface area contributed by atoms with E-state index in [1.54, 1.807) is 0 Å². The third-order valence-corrected chi connectivity index (χ3v) is 2.01. The van der Waals surface area contributed by atoms with Crippen LogP contribution in [0.4, 0.5) is 13.2 Å². The molecule has 1 N–H and O–H groups in total. The molecule has 0 aliphatic rings. The van der Waals surface area contributed by atoms with Crippen LogP contribution in [-0.2, 0) is 6.18 Å². The van der Waals surface area contributed by atoms with Crippen LogP contribution in [0, 0.1) is 0 Å². The molecule has 0 unspecified atom stereocenters. The lowest BCUT2D eigenvalue weighted by Crippen LogP contribution is -2.05. The van der Waals surface area contributed by atoms with Crippen molar-refractivity contribution >= 4 is 16.9 Å². The van der Waals surface area contributed by atoms with Crippen LogP contribution in [-0.4, -0.2) is 16.2 Å². The summed E-state index contributed by atoms with van der Waals surface area (Å²) in [4.78, 5) is 10.6. The standard InChI is InChI=1S/C9H4F3NO3/c10-9(11,12)5-3-1-2-4-6(5)13-16-7(4)8(14)15/h1-3H,(H,14,15). The van der Waals surface area contributed by atoms with Crippen LogP contribution in [0.15, 0.2) is 22.7 Å². The molecule has 4 nitrogen and oxygen atoms in total. The fourth-order valence-corrected chi connectivity index (χ4v) is 1.35. The van der Waals surface area contributed by atoms with E-state index in [2.05, 4.69) is 9.68 Å². The van der Waals surface area contributed by atoms with Gasteiger partial charge in [0.15, 0.2) is 0 Å². The molecule has 1 heterocycles. The topological polar surface area (TPSA) is 63.3 Å². The Balaban J connectivity index is 2.77. The van der Waals surface area contributed by atoms with Gasteiger partial charge in [-0.3, -0.25) is 0 Å². The van der Waals surface area contributed by atoms with Gasteiger partial charge < -0.3 is 9.63 Å². The highest BCUT2D eigenvalue weighted by atomic mass is 19.4. The first-order valence-electron chi connectivity index (χ1n) is 4.10. The Labute approximate surface area is 86.3 Å². The number of hydrogen-bond acceptors (Lipinski definition) is 3. The summed E-state index contributed by atoms with van der Waals surface area (Å²) in [5.74, 6) is -2.05. The highest BCUT2D eigenvalue weighted by Crippen LogP contribution is 2.34. The Kier molecular flexibility index (Phi) is 2.11. The quantitative estimate of drug-likeness (QED) is 0.819. The minimum absolute atomic E-state index is 0.165. The Bertz CT molecular complexity index is 559. The lowest BCUT2D eigenvalue weighted by molar-refractivity contribution is -0.136. The highest BCUT2D eigenvalue weighted by Gasteiger charge is 2.34. The van der Waals surface area contributed by atoms with Crippen LogP contribution in [0.25, 0.3) is 10.9 Å². The summed E-state index contributed by atoms with van der Waals surface area (Å²) in [7, 11) is 0. The normalized spacial score (nSPS) is 11.9. The molecule has 0 saturated carbocycles. The second-order valence-corrected chi connectivity index (χ2v) is 3.02. The van der Waals surface area contributed by atoms with E-state index in [1.165, 1.54) is 6.07 Å².